The largest absolute Gasteiger partial charge is 0.495 e. The molecule has 2 aromatic rings. The molecule has 0 unspecified atom stereocenters. The van der Waals surface area contributed by atoms with Gasteiger partial charge in [-0.3, -0.25) is 19.9 Å². The van der Waals surface area contributed by atoms with Crippen LogP contribution in [0, 0.1) is 10.1 Å². The zero-order valence-corrected chi connectivity index (χ0v) is 14.7. The van der Waals surface area contributed by atoms with Gasteiger partial charge in [0, 0.05) is 10.0 Å². The third-order valence-corrected chi connectivity index (χ3v) is 3.85. The summed E-state index contributed by atoms with van der Waals surface area (Å²) in [5.41, 5.74) is -2.26. The highest BCUT2D eigenvalue weighted by Crippen LogP contribution is 2.33. The average Bonchev–Trinajstić information content (AvgIpc) is 2.43. The number of aromatic nitrogens is 2. The maximum absolute atomic E-state index is 11.6. The van der Waals surface area contributed by atoms with Crippen LogP contribution in [0.2, 0.25) is 0 Å². The number of ether oxygens (including phenoxy) is 1. The molecule has 0 saturated heterocycles. The fourth-order valence-electron chi connectivity index (χ4n) is 1.89. The van der Waals surface area contributed by atoms with Crippen LogP contribution < -0.4 is 16.0 Å². The monoisotopic (exact) mass is 445 g/mol. The van der Waals surface area contributed by atoms with Crippen LogP contribution in [0.4, 0.5) is 5.69 Å². The van der Waals surface area contributed by atoms with Crippen LogP contribution >= 0.6 is 31.9 Å². The van der Waals surface area contributed by atoms with Crippen molar-refractivity contribution < 1.29 is 9.66 Å². The van der Waals surface area contributed by atoms with E-state index in [0.717, 1.165) is 4.47 Å². The van der Waals surface area contributed by atoms with Crippen molar-refractivity contribution in [2.45, 2.75) is 0 Å². The molecular weight excluding hydrogens is 438 g/mol. The lowest BCUT2D eigenvalue weighted by Crippen LogP contribution is -2.25. The molecule has 0 amide bonds. The van der Waals surface area contributed by atoms with Crippen molar-refractivity contribution >= 4 is 49.7 Å². The Morgan fingerprint density at radius 2 is 1.91 bits per heavy atom. The molecular formula is C13H9Br2N3O5. The first-order chi connectivity index (χ1) is 10.8. The van der Waals surface area contributed by atoms with E-state index in [0.29, 0.717) is 15.8 Å². The Labute approximate surface area is 145 Å². The first kappa shape index (κ1) is 17.2. The molecule has 0 spiro atoms. The number of hydrogen-bond acceptors (Lipinski definition) is 5. The Bertz CT molecular complexity index is 917. The van der Waals surface area contributed by atoms with Gasteiger partial charge >= 0.3 is 16.9 Å². The van der Waals surface area contributed by atoms with Crippen LogP contribution in [-0.4, -0.2) is 22.0 Å². The zero-order chi connectivity index (χ0) is 17.1. The number of H-pyrrole nitrogens is 2. The van der Waals surface area contributed by atoms with Crippen LogP contribution in [-0.2, 0) is 0 Å². The topological polar surface area (TPSA) is 118 Å². The maximum Gasteiger partial charge on any atom is 0.357 e. The van der Waals surface area contributed by atoms with Crippen LogP contribution in [0.25, 0.3) is 12.2 Å². The molecule has 8 nitrogen and oxygen atoms in total. The molecule has 23 heavy (non-hydrogen) atoms. The second-order valence-electron chi connectivity index (χ2n) is 4.27. The second-order valence-corrected chi connectivity index (χ2v) is 6.04. The summed E-state index contributed by atoms with van der Waals surface area (Å²) in [4.78, 5) is 37.1. The van der Waals surface area contributed by atoms with Gasteiger partial charge in [0.25, 0.3) is 0 Å². The van der Waals surface area contributed by atoms with Gasteiger partial charge in [0.1, 0.15) is 11.4 Å². The average molecular weight is 447 g/mol. The molecule has 0 aliphatic heterocycles. The van der Waals surface area contributed by atoms with Gasteiger partial charge < -0.3 is 9.72 Å². The molecule has 0 bridgehead atoms. The van der Waals surface area contributed by atoms with Gasteiger partial charge in [-0.05, 0) is 40.2 Å². The van der Waals surface area contributed by atoms with Crippen LogP contribution in [0.3, 0.4) is 0 Å². The van der Waals surface area contributed by atoms with Gasteiger partial charge in [0.15, 0.2) is 0 Å². The van der Waals surface area contributed by atoms with Gasteiger partial charge in [-0.2, -0.15) is 0 Å². The Kier molecular flexibility index (Phi) is 5.16. The number of halogens is 2. The first-order valence-corrected chi connectivity index (χ1v) is 7.64. The lowest BCUT2D eigenvalue weighted by atomic mass is 10.1. The fourth-order valence-corrected chi connectivity index (χ4v) is 3.31. The molecule has 0 aliphatic carbocycles. The number of benzene rings is 1. The molecule has 0 radical (unpaired) electrons. The van der Waals surface area contributed by atoms with Crippen molar-refractivity contribution in [3.05, 3.63) is 63.3 Å². The van der Waals surface area contributed by atoms with Crippen molar-refractivity contribution in [1.29, 1.82) is 0 Å². The standard InChI is InChI=1S/C13H9Br2N3O5/c1-23-11-6(4-7(14)5-8(11)15)2-3-9-10(18(21)22)12(19)17-13(20)16-9/h2-5H,1H3,(H2,16,17,19,20)/b3-2-. The van der Waals surface area contributed by atoms with Gasteiger partial charge in [0.05, 0.1) is 16.5 Å². The number of nitrogens with zero attached hydrogens (tertiary/aromatic N) is 1. The van der Waals surface area contributed by atoms with Crippen LogP contribution in [0.1, 0.15) is 11.3 Å². The maximum atomic E-state index is 11.6. The van der Waals surface area contributed by atoms with E-state index in [4.69, 9.17) is 4.74 Å². The summed E-state index contributed by atoms with van der Waals surface area (Å²) in [6.45, 7) is 0. The summed E-state index contributed by atoms with van der Waals surface area (Å²) in [6.07, 6.45) is 2.76. The lowest BCUT2D eigenvalue weighted by Gasteiger charge is -2.08. The third kappa shape index (κ3) is 3.77. The Hall–Kier alpha value is -2.20. The Morgan fingerprint density at radius 3 is 2.52 bits per heavy atom. The van der Waals surface area contributed by atoms with Crippen molar-refractivity contribution in [2.24, 2.45) is 0 Å². The molecule has 1 heterocycles. The SMILES string of the molecule is COc1c(Br)cc(Br)cc1/C=C\c1[nH]c(=O)[nH]c(=O)c1[N+](=O)[O-]. The van der Waals surface area contributed by atoms with E-state index < -0.39 is 21.9 Å². The van der Waals surface area contributed by atoms with Crippen molar-refractivity contribution in [3.8, 4) is 5.75 Å². The highest BCUT2D eigenvalue weighted by atomic mass is 79.9. The number of rotatable bonds is 4. The van der Waals surface area contributed by atoms with Crippen molar-refractivity contribution in [3.63, 3.8) is 0 Å². The molecule has 0 atom stereocenters. The van der Waals surface area contributed by atoms with Crippen molar-refractivity contribution in [2.75, 3.05) is 7.11 Å². The molecule has 0 saturated carbocycles. The Balaban J connectivity index is 2.60. The van der Waals surface area contributed by atoms with Crippen molar-refractivity contribution in [1.82, 2.24) is 9.97 Å². The van der Waals surface area contributed by atoms with Gasteiger partial charge in [-0.15, -0.1) is 0 Å². The zero-order valence-electron chi connectivity index (χ0n) is 11.6. The number of hydrogen-bond donors (Lipinski definition) is 2. The minimum atomic E-state index is -1.07. The third-order valence-electron chi connectivity index (χ3n) is 2.80. The number of aromatic amines is 2. The summed E-state index contributed by atoms with van der Waals surface area (Å²) in [7, 11) is 1.48. The van der Waals surface area contributed by atoms with E-state index >= 15 is 0 Å². The van der Waals surface area contributed by atoms with Gasteiger partial charge in [-0.25, -0.2) is 4.79 Å². The normalized spacial score (nSPS) is 10.9. The summed E-state index contributed by atoms with van der Waals surface area (Å²) in [5, 5.41) is 11.0. The molecule has 0 fully saturated rings. The van der Waals surface area contributed by atoms with E-state index in [1.807, 2.05) is 4.98 Å². The predicted molar refractivity (Wildman–Crippen MR) is 91.7 cm³/mol. The fraction of sp³-hybridized carbons (Fsp3) is 0.0769. The van der Waals surface area contributed by atoms with Crippen LogP contribution in [0.5, 0.6) is 5.75 Å². The van der Waals surface area contributed by atoms with Gasteiger partial charge in [0.2, 0.25) is 0 Å². The Morgan fingerprint density at radius 1 is 1.22 bits per heavy atom. The van der Waals surface area contributed by atoms with Gasteiger partial charge in [-0.1, -0.05) is 15.9 Å². The van der Waals surface area contributed by atoms with E-state index in [2.05, 4.69) is 36.8 Å². The summed E-state index contributed by atoms with van der Waals surface area (Å²) < 4.78 is 6.67. The summed E-state index contributed by atoms with van der Waals surface area (Å²) in [5.74, 6) is 0.499. The number of nitrogens with one attached hydrogen (secondary N) is 2. The quantitative estimate of drug-likeness (QED) is 0.552. The molecule has 10 heteroatoms. The molecule has 1 aromatic carbocycles. The van der Waals surface area contributed by atoms with E-state index in [1.165, 1.54) is 19.3 Å². The highest BCUT2D eigenvalue weighted by molar-refractivity contribution is 9.11. The van der Waals surface area contributed by atoms with E-state index in [9.17, 15) is 19.7 Å². The van der Waals surface area contributed by atoms with E-state index in [-0.39, 0.29) is 5.69 Å². The molecule has 2 N–H and O–H groups in total. The second kappa shape index (κ2) is 6.92. The molecule has 2 rings (SSSR count). The van der Waals surface area contributed by atoms with Crippen LogP contribution in [0.15, 0.2) is 30.7 Å². The summed E-state index contributed by atoms with van der Waals surface area (Å²) >= 11 is 6.66. The number of nitro groups is 1. The highest BCUT2D eigenvalue weighted by Gasteiger charge is 2.19. The molecule has 0 aliphatic rings. The molecule has 1 aromatic heterocycles. The minimum absolute atomic E-state index is 0.207. The molecule has 120 valence electrons. The lowest BCUT2D eigenvalue weighted by molar-refractivity contribution is -0.386. The van der Waals surface area contributed by atoms with E-state index in [1.54, 1.807) is 12.1 Å². The summed E-state index contributed by atoms with van der Waals surface area (Å²) in [6, 6.07) is 3.49. The predicted octanol–water partition coefficient (Wildman–Crippen LogP) is 2.68. The first-order valence-electron chi connectivity index (χ1n) is 6.05. The minimum Gasteiger partial charge on any atom is -0.495 e. The number of methoxy groups -OCH3 is 1. The smallest absolute Gasteiger partial charge is 0.357 e.